The van der Waals surface area contributed by atoms with Crippen molar-refractivity contribution < 1.29 is 13.3 Å². The van der Waals surface area contributed by atoms with Crippen LogP contribution >= 0.6 is 0 Å². The third-order valence-electron chi connectivity index (χ3n) is 5.18. The molecule has 23 heavy (non-hydrogen) atoms. The number of nitro groups is 1. The number of fused-ring (bicyclic) bond motifs is 1. The molecule has 126 valence electrons. The van der Waals surface area contributed by atoms with Crippen molar-refractivity contribution in [1.82, 2.24) is 4.31 Å². The van der Waals surface area contributed by atoms with Crippen LogP contribution in [-0.4, -0.2) is 30.2 Å². The van der Waals surface area contributed by atoms with Crippen molar-refractivity contribution in [1.29, 1.82) is 0 Å². The Morgan fingerprint density at radius 1 is 1.17 bits per heavy atom. The van der Waals surface area contributed by atoms with Crippen LogP contribution in [0.2, 0.25) is 0 Å². The largest absolute Gasteiger partial charge is 0.273 e. The van der Waals surface area contributed by atoms with E-state index in [1.807, 2.05) is 0 Å². The van der Waals surface area contributed by atoms with Gasteiger partial charge in [-0.25, -0.2) is 8.42 Å². The highest BCUT2D eigenvalue weighted by Gasteiger charge is 2.40. The molecule has 1 saturated heterocycles. The third kappa shape index (κ3) is 2.99. The topological polar surface area (TPSA) is 80.5 Å². The Hall–Kier alpha value is -1.47. The monoisotopic (exact) mass is 338 g/mol. The van der Waals surface area contributed by atoms with Crippen LogP contribution in [-0.2, 0) is 10.0 Å². The van der Waals surface area contributed by atoms with E-state index in [0.717, 1.165) is 32.1 Å². The number of nitro benzene ring substituents is 1. The number of sulfonamides is 1. The molecular formula is C16H22N2O4S. The van der Waals surface area contributed by atoms with Crippen LogP contribution in [0.15, 0.2) is 23.1 Å². The summed E-state index contributed by atoms with van der Waals surface area (Å²) in [7, 11) is -3.68. The zero-order valence-corrected chi connectivity index (χ0v) is 14.1. The number of benzene rings is 1. The van der Waals surface area contributed by atoms with E-state index in [1.165, 1.54) is 24.6 Å². The van der Waals surface area contributed by atoms with Crippen molar-refractivity contribution in [3.05, 3.63) is 33.9 Å². The molecule has 2 atom stereocenters. The second kappa shape index (κ2) is 6.20. The summed E-state index contributed by atoms with van der Waals surface area (Å²) < 4.78 is 27.7. The number of nitrogens with zero attached hydrogens (tertiary/aromatic N) is 2. The summed E-state index contributed by atoms with van der Waals surface area (Å²) in [5.74, 6) is 0.438. The van der Waals surface area contributed by atoms with E-state index in [4.69, 9.17) is 0 Å². The number of hydrogen-bond acceptors (Lipinski definition) is 4. The summed E-state index contributed by atoms with van der Waals surface area (Å²) in [6.45, 7) is 2.14. The number of aryl methyl sites for hydroxylation is 1. The summed E-state index contributed by atoms with van der Waals surface area (Å²) in [6, 6.07) is 4.27. The van der Waals surface area contributed by atoms with E-state index in [1.54, 1.807) is 11.2 Å². The van der Waals surface area contributed by atoms with E-state index in [9.17, 15) is 18.5 Å². The fourth-order valence-corrected chi connectivity index (χ4v) is 5.73. The molecule has 2 fully saturated rings. The Morgan fingerprint density at radius 2 is 1.87 bits per heavy atom. The minimum absolute atomic E-state index is 0.0426. The SMILES string of the molecule is Cc1ccc(S(=O)(=O)N2CCC[C@@H]3CCCC[C@@H]32)cc1[N+](=O)[O-]. The van der Waals surface area contributed by atoms with Gasteiger partial charge in [0.2, 0.25) is 10.0 Å². The number of rotatable bonds is 3. The van der Waals surface area contributed by atoms with Gasteiger partial charge in [0.1, 0.15) is 0 Å². The molecule has 6 nitrogen and oxygen atoms in total. The molecule has 1 aliphatic heterocycles. The van der Waals surface area contributed by atoms with Crippen LogP contribution in [0.1, 0.15) is 44.1 Å². The average Bonchev–Trinajstić information content (AvgIpc) is 2.54. The fourth-order valence-electron chi connectivity index (χ4n) is 3.96. The lowest BCUT2D eigenvalue weighted by Crippen LogP contribution is -2.49. The molecule has 0 radical (unpaired) electrons. The number of piperidine rings is 1. The molecule has 3 rings (SSSR count). The Morgan fingerprint density at radius 3 is 2.61 bits per heavy atom. The summed E-state index contributed by atoms with van der Waals surface area (Å²) in [4.78, 5) is 10.6. The zero-order valence-electron chi connectivity index (χ0n) is 13.3. The van der Waals surface area contributed by atoms with Gasteiger partial charge in [-0.2, -0.15) is 4.31 Å². The summed E-state index contributed by atoms with van der Waals surface area (Å²) >= 11 is 0. The zero-order chi connectivity index (χ0) is 16.6. The first kappa shape index (κ1) is 16.4. The van der Waals surface area contributed by atoms with E-state index >= 15 is 0 Å². The van der Waals surface area contributed by atoms with E-state index in [0.29, 0.717) is 18.0 Å². The Balaban J connectivity index is 1.97. The summed E-state index contributed by atoms with van der Waals surface area (Å²) in [6.07, 6.45) is 6.17. The van der Waals surface area contributed by atoms with Gasteiger partial charge < -0.3 is 0 Å². The molecule has 2 aliphatic rings. The van der Waals surface area contributed by atoms with Gasteiger partial charge in [0.15, 0.2) is 0 Å². The molecule has 0 spiro atoms. The minimum atomic E-state index is -3.68. The summed E-state index contributed by atoms with van der Waals surface area (Å²) in [5, 5.41) is 11.1. The predicted molar refractivity (Wildman–Crippen MR) is 86.7 cm³/mol. The van der Waals surface area contributed by atoms with Crippen molar-refractivity contribution in [2.75, 3.05) is 6.54 Å². The number of hydrogen-bond donors (Lipinski definition) is 0. The van der Waals surface area contributed by atoms with Crippen molar-refractivity contribution in [3.8, 4) is 0 Å². The van der Waals surface area contributed by atoms with E-state index < -0.39 is 14.9 Å². The van der Waals surface area contributed by atoms with Crippen LogP contribution in [0, 0.1) is 23.0 Å². The smallest absolute Gasteiger partial charge is 0.258 e. The Bertz CT molecular complexity index is 715. The molecule has 0 bridgehead atoms. The first-order chi connectivity index (χ1) is 10.9. The van der Waals surface area contributed by atoms with Gasteiger partial charge in [-0.15, -0.1) is 0 Å². The average molecular weight is 338 g/mol. The predicted octanol–water partition coefficient (Wildman–Crippen LogP) is 3.25. The van der Waals surface area contributed by atoms with Crippen LogP contribution in [0.25, 0.3) is 0 Å². The molecule has 1 aromatic carbocycles. The first-order valence-corrected chi connectivity index (χ1v) is 9.62. The molecule has 1 saturated carbocycles. The minimum Gasteiger partial charge on any atom is -0.258 e. The van der Waals surface area contributed by atoms with Crippen LogP contribution in [0.4, 0.5) is 5.69 Å². The molecule has 1 heterocycles. The van der Waals surface area contributed by atoms with Crippen LogP contribution < -0.4 is 0 Å². The molecule has 7 heteroatoms. The highest BCUT2D eigenvalue weighted by atomic mass is 32.2. The molecular weight excluding hydrogens is 316 g/mol. The maximum atomic E-state index is 13.0. The van der Waals surface area contributed by atoms with Gasteiger partial charge in [-0.05, 0) is 44.6 Å². The Kier molecular flexibility index (Phi) is 4.42. The second-order valence-electron chi connectivity index (χ2n) is 6.58. The maximum Gasteiger partial charge on any atom is 0.273 e. The lowest BCUT2D eigenvalue weighted by molar-refractivity contribution is -0.385. The van der Waals surface area contributed by atoms with Gasteiger partial charge in [0.25, 0.3) is 5.69 Å². The van der Waals surface area contributed by atoms with Crippen LogP contribution in [0.5, 0.6) is 0 Å². The van der Waals surface area contributed by atoms with Crippen molar-refractivity contribution in [2.45, 2.75) is 56.4 Å². The molecule has 0 amide bonds. The molecule has 1 aromatic rings. The highest BCUT2D eigenvalue weighted by molar-refractivity contribution is 7.89. The molecule has 0 unspecified atom stereocenters. The van der Waals surface area contributed by atoms with Gasteiger partial charge in [-0.3, -0.25) is 10.1 Å². The Labute approximate surface area is 136 Å². The van der Waals surface area contributed by atoms with E-state index in [2.05, 4.69) is 0 Å². The van der Waals surface area contributed by atoms with E-state index in [-0.39, 0.29) is 16.6 Å². The van der Waals surface area contributed by atoms with Crippen LogP contribution in [0.3, 0.4) is 0 Å². The van der Waals surface area contributed by atoms with Gasteiger partial charge in [0.05, 0.1) is 9.82 Å². The third-order valence-corrected chi connectivity index (χ3v) is 7.10. The maximum absolute atomic E-state index is 13.0. The van der Waals surface area contributed by atoms with Gasteiger partial charge in [0, 0.05) is 24.2 Å². The van der Waals surface area contributed by atoms with Crippen molar-refractivity contribution in [2.24, 2.45) is 5.92 Å². The lowest BCUT2D eigenvalue weighted by Gasteiger charge is -2.43. The summed E-state index contributed by atoms with van der Waals surface area (Å²) in [5.41, 5.74) is 0.339. The quantitative estimate of drug-likeness (QED) is 0.626. The van der Waals surface area contributed by atoms with Gasteiger partial charge in [-0.1, -0.05) is 18.9 Å². The van der Waals surface area contributed by atoms with Crippen molar-refractivity contribution in [3.63, 3.8) is 0 Å². The molecule has 0 aromatic heterocycles. The highest BCUT2D eigenvalue weighted by Crippen LogP contribution is 2.38. The normalized spacial score (nSPS) is 25.8. The molecule has 1 aliphatic carbocycles. The lowest BCUT2D eigenvalue weighted by atomic mass is 9.79. The second-order valence-corrected chi connectivity index (χ2v) is 8.47. The molecule has 0 N–H and O–H groups in total. The van der Waals surface area contributed by atoms with Gasteiger partial charge >= 0.3 is 0 Å². The standard InChI is InChI=1S/C16H22N2O4S/c1-12-8-9-14(11-16(12)18(19)20)23(21,22)17-10-4-6-13-5-2-3-7-15(13)17/h8-9,11,13,15H,2-7,10H2,1H3/t13-,15-/m0/s1. The fraction of sp³-hybridized carbons (Fsp3) is 0.625. The van der Waals surface area contributed by atoms with Crippen molar-refractivity contribution >= 4 is 15.7 Å². The first-order valence-electron chi connectivity index (χ1n) is 8.18.